The maximum absolute atomic E-state index is 13.9. The average Bonchev–Trinajstić information content (AvgIpc) is 4.09. The van der Waals surface area contributed by atoms with Gasteiger partial charge in [-0.15, -0.1) is 0 Å². The van der Waals surface area contributed by atoms with Crippen LogP contribution in [0, 0.1) is 0 Å². The van der Waals surface area contributed by atoms with Crippen LogP contribution in [0.15, 0.2) is 79.1 Å². The van der Waals surface area contributed by atoms with E-state index in [1.807, 2.05) is 69.0 Å². The molecule has 3 aliphatic heterocycles. The van der Waals surface area contributed by atoms with Crippen molar-refractivity contribution in [1.82, 2.24) is 29.6 Å². The number of aryl methyl sites for hydroxylation is 1. The number of likely N-dealkylation sites (tertiary alicyclic amines) is 1. The van der Waals surface area contributed by atoms with Gasteiger partial charge < -0.3 is 47.4 Å². The molecule has 0 unspecified atom stereocenters. The third kappa shape index (κ3) is 8.95. The van der Waals surface area contributed by atoms with Crippen molar-refractivity contribution in [3.05, 3.63) is 107 Å². The monoisotopic (exact) mass is 950 g/mol. The number of nitrogens with zero attached hydrogens (tertiary/aromatic N) is 4. The quantitative estimate of drug-likeness (QED) is 0.0819. The Morgan fingerprint density at radius 3 is 1.61 bits per heavy atom. The molecule has 16 heteroatoms. The lowest BCUT2D eigenvalue weighted by atomic mass is 9.95. The molecule has 70 heavy (non-hydrogen) atoms. The minimum absolute atomic E-state index is 0.0708. The molecule has 0 bridgehead atoms. The first-order valence-electron chi connectivity index (χ1n) is 23.4. The van der Waals surface area contributed by atoms with Gasteiger partial charge in [0.15, 0.2) is 23.0 Å². The van der Waals surface area contributed by atoms with Gasteiger partial charge in [-0.2, -0.15) is 0 Å². The average molecular weight is 951 g/mol. The van der Waals surface area contributed by atoms with E-state index in [-0.39, 0.29) is 28.9 Å². The van der Waals surface area contributed by atoms with E-state index in [4.69, 9.17) is 28.4 Å². The van der Waals surface area contributed by atoms with Crippen LogP contribution in [-0.4, -0.2) is 118 Å². The number of carbonyl (C=O) groups is 4. The van der Waals surface area contributed by atoms with Gasteiger partial charge in [0.2, 0.25) is 11.5 Å². The van der Waals surface area contributed by atoms with Crippen molar-refractivity contribution in [3.63, 3.8) is 0 Å². The first-order valence-corrected chi connectivity index (χ1v) is 23.4. The summed E-state index contributed by atoms with van der Waals surface area (Å²) < 4.78 is 39.3. The second-order valence-corrected chi connectivity index (χ2v) is 17.9. The maximum atomic E-state index is 13.9. The molecule has 1 fully saturated rings. The number of amides is 4. The van der Waals surface area contributed by atoms with E-state index in [1.54, 1.807) is 24.3 Å². The Balaban J connectivity index is 1.11. The standard InChI is InChI=1S/C54H58N6O10/c1-57(2)18-13-21-59-29-37(35-14-9-10-15-39(35)59)47-46(52(62)56-53(47)63)34-27-43(67-5)50(69-7)44(28-34)70-31-32-16-17-36-38(30-60(40(36)24-32)23-22-58-19-11-8-12-20-58)48-45(51(61)55-54(48)64)33-25-41(65-3)49(68-6)42(26-33)66-4/h9-10,14-17,24-30H,8,11-13,18-23,31H2,1-7H3,(H,55,61,64)(H,56,62,63). The molecule has 0 saturated carbocycles. The topological polar surface area (TPSA) is 164 Å². The highest BCUT2D eigenvalue weighted by molar-refractivity contribution is 6.51. The number of methoxy groups -OCH3 is 5. The smallest absolute Gasteiger partial charge is 0.259 e. The van der Waals surface area contributed by atoms with Crippen LogP contribution >= 0.6 is 0 Å². The van der Waals surface area contributed by atoms with Gasteiger partial charge in [-0.05, 0) is 106 Å². The number of hydrogen-bond acceptors (Lipinski definition) is 12. The SMILES string of the molecule is COc1cc(C2=C(c3cn(CCN4CCCCC4)c4cc(COc5cc(C6=C(c7cn(CCCN(C)C)c8ccccc78)C(=O)NC6=O)cc(OC)c5OC)ccc34)C(=O)NC2=O)cc(OC)c1OC. The van der Waals surface area contributed by atoms with Gasteiger partial charge in [0.1, 0.15) is 6.61 Å². The van der Waals surface area contributed by atoms with Gasteiger partial charge >= 0.3 is 0 Å². The third-order valence-electron chi connectivity index (χ3n) is 13.3. The first kappa shape index (κ1) is 47.5. The molecule has 6 aromatic rings. The minimum atomic E-state index is -0.537. The minimum Gasteiger partial charge on any atom is -0.493 e. The molecule has 0 radical (unpaired) electrons. The van der Waals surface area contributed by atoms with Crippen molar-refractivity contribution < 1.29 is 47.6 Å². The number of ether oxygens (including phenoxy) is 6. The Hall–Kier alpha value is -7.56. The summed E-state index contributed by atoms with van der Waals surface area (Å²) >= 11 is 0. The normalized spacial score (nSPS) is 15.4. The largest absolute Gasteiger partial charge is 0.493 e. The number of carbonyl (C=O) groups excluding carboxylic acids is 4. The summed E-state index contributed by atoms with van der Waals surface area (Å²) in [5.74, 6) is -0.106. The fourth-order valence-corrected chi connectivity index (χ4v) is 9.97. The molecule has 2 aromatic heterocycles. The molecule has 4 aromatic carbocycles. The van der Waals surface area contributed by atoms with E-state index in [2.05, 4.69) is 29.6 Å². The Morgan fingerprint density at radius 2 is 1.06 bits per heavy atom. The zero-order valence-electron chi connectivity index (χ0n) is 40.7. The predicted molar refractivity (Wildman–Crippen MR) is 267 cm³/mol. The van der Waals surface area contributed by atoms with E-state index >= 15 is 0 Å². The Kier molecular flexibility index (Phi) is 13.7. The van der Waals surface area contributed by atoms with E-state index in [1.165, 1.54) is 42.0 Å². The second-order valence-electron chi connectivity index (χ2n) is 17.9. The predicted octanol–water partition coefficient (Wildman–Crippen LogP) is 6.79. The fourth-order valence-electron chi connectivity index (χ4n) is 9.97. The van der Waals surface area contributed by atoms with Gasteiger partial charge in [-0.25, -0.2) is 0 Å². The van der Waals surface area contributed by atoms with Gasteiger partial charge in [0, 0.05) is 65.0 Å². The summed E-state index contributed by atoms with van der Waals surface area (Å²) in [4.78, 5) is 59.8. The maximum Gasteiger partial charge on any atom is 0.259 e. The van der Waals surface area contributed by atoms with Crippen molar-refractivity contribution in [2.24, 2.45) is 0 Å². The molecule has 4 amide bonds. The number of rotatable bonds is 19. The van der Waals surface area contributed by atoms with E-state index < -0.39 is 23.6 Å². The number of para-hydroxylation sites is 1. The zero-order valence-corrected chi connectivity index (χ0v) is 40.7. The van der Waals surface area contributed by atoms with E-state index in [9.17, 15) is 19.2 Å². The summed E-state index contributed by atoms with van der Waals surface area (Å²) in [6, 6.07) is 20.5. The van der Waals surface area contributed by atoms with Crippen LogP contribution < -0.4 is 39.1 Å². The number of imide groups is 2. The lowest BCUT2D eigenvalue weighted by Crippen LogP contribution is -2.32. The number of nitrogens with one attached hydrogen (secondary N) is 2. The molecule has 2 N–H and O–H groups in total. The van der Waals surface area contributed by atoms with Gasteiger partial charge in [0.05, 0.1) is 57.8 Å². The number of hydrogen-bond donors (Lipinski definition) is 2. The summed E-state index contributed by atoms with van der Waals surface area (Å²) in [5, 5.41) is 6.70. The van der Waals surface area contributed by atoms with Crippen molar-refractivity contribution in [2.75, 3.05) is 75.8 Å². The molecule has 0 spiro atoms. The Bertz CT molecular complexity index is 3090. The summed E-state index contributed by atoms with van der Waals surface area (Å²) in [6.45, 7) is 5.13. The van der Waals surface area contributed by atoms with Gasteiger partial charge in [0.25, 0.3) is 23.6 Å². The fraction of sp³-hybridized carbons (Fsp3) is 0.333. The van der Waals surface area contributed by atoms with Crippen LogP contribution in [0.4, 0.5) is 0 Å². The van der Waals surface area contributed by atoms with Gasteiger partial charge in [-0.1, -0.05) is 36.8 Å². The van der Waals surface area contributed by atoms with Crippen LogP contribution in [0.1, 0.15) is 53.5 Å². The Labute approximate surface area is 406 Å². The Morgan fingerprint density at radius 1 is 0.543 bits per heavy atom. The molecular formula is C54H58N6O10. The molecular weight excluding hydrogens is 893 g/mol. The van der Waals surface area contributed by atoms with Crippen LogP contribution in [0.5, 0.6) is 34.5 Å². The van der Waals surface area contributed by atoms with Crippen LogP contribution in [0.25, 0.3) is 44.1 Å². The molecule has 0 aliphatic carbocycles. The van der Waals surface area contributed by atoms with Crippen LogP contribution in [0.3, 0.4) is 0 Å². The van der Waals surface area contributed by atoms with Crippen molar-refractivity contribution in [1.29, 1.82) is 0 Å². The summed E-state index contributed by atoms with van der Waals surface area (Å²) in [6.07, 6.45) is 8.29. The summed E-state index contributed by atoms with van der Waals surface area (Å²) in [7, 11) is 11.6. The first-order chi connectivity index (χ1) is 34.0. The lowest BCUT2D eigenvalue weighted by Gasteiger charge is -2.26. The highest BCUT2D eigenvalue weighted by Crippen LogP contribution is 2.46. The van der Waals surface area contributed by atoms with Gasteiger partial charge in [-0.3, -0.25) is 29.8 Å². The van der Waals surface area contributed by atoms with Crippen LogP contribution in [-0.2, 0) is 38.9 Å². The number of piperidine rings is 1. The molecule has 9 rings (SSSR count). The highest BCUT2D eigenvalue weighted by Gasteiger charge is 2.37. The molecule has 1 saturated heterocycles. The summed E-state index contributed by atoms with van der Waals surface area (Å²) in [5.41, 5.74) is 5.58. The molecule has 0 atom stereocenters. The molecule has 16 nitrogen and oxygen atoms in total. The number of fused-ring (bicyclic) bond motifs is 2. The van der Waals surface area contributed by atoms with E-state index in [0.29, 0.717) is 63.3 Å². The molecule has 364 valence electrons. The zero-order chi connectivity index (χ0) is 49.2. The molecule has 3 aliphatic rings. The van der Waals surface area contributed by atoms with Crippen LogP contribution in [0.2, 0.25) is 0 Å². The van der Waals surface area contributed by atoms with Crippen molar-refractivity contribution in [2.45, 2.75) is 45.4 Å². The lowest BCUT2D eigenvalue weighted by molar-refractivity contribution is -0.124. The highest BCUT2D eigenvalue weighted by atomic mass is 16.5. The third-order valence-corrected chi connectivity index (χ3v) is 13.3. The second kappa shape index (κ2) is 20.2. The molecule has 5 heterocycles. The number of aromatic nitrogens is 2. The van der Waals surface area contributed by atoms with Crippen molar-refractivity contribution in [3.8, 4) is 34.5 Å². The van der Waals surface area contributed by atoms with E-state index in [0.717, 1.165) is 79.4 Å². The van der Waals surface area contributed by atoms with Crippen molar-refractivity contribution >= 4 is 67.7 Å². The number of benzene rings is 4.